The highest BCUT2D eigenvalue weighted by molar-refractivity contribution is 7.15. The largest absolute Gasteiger partial charge is 0.465 e. The van der Waals surface area contributed by atoms with E-state index in [0.717, 1.165) is 16.9 Å². The monoisotopic (exact) mass is 449 g/mol. The molecule has 0 spiro atoms. The second kappa shape index (κ2) is 8.44. The van der Waals surface area contributed by atoms with Gasteiger partial charge in [-0.25, -0.2) is 4.79 Å². The Balaban J connectivity index is 1.74. The Hall–Kier alpha value is -4.31. The molecule has 0 saturated carbocycles. The number of thiophene rings is 1. The van der Waals surface area contributed by atoms with Crippen LogP contribution in [0.3, 0.4) is 0 Å². The van der Waals surface area contributed by atoms with Gasteiger partial charge in [0.1, 0.15) is 21.7 Å². The molecule has 0 fully saturated rings. The molecule has 0 radical (unpaired) electrons. The number of hydrogen-bond donors (Lipinski definition) is 2. The first-order valence-electron chi connectivity index (χ1n) is 9.22. The summed E-state index contributed by atoms with van der Waals surface area (Å²) in [5, 5.41) is 24.0. The van der Waals surface area contributed by atoms with E-state index in [4.69, 9.17) is 14.6 Å². The van der Waals surface area contributed by atoms with Crippen molar-refractivity contribution in [2.75, 3.05) is 12.4 Å². The molecule has 0 aliphatic rings. The molecule has 0 saturated heterocycles. The fourth-order valence-electron chi connectivity index (χ4n) is 3.17. The van der Waals surface area contributed by atoms with Crippen LogP contribution < -0.4 is 10.9 Å². The number of ether oxygens (including phenoxy) is 1. The van der Waals surface area contributed by atoms with Gasteiger partial charge in [0, 0.05) is 28.5 Å². The fraction of sp³-hybridized carbons (Fsp3) is 0.0455. The van der Waals surface area contributed by atoms with Crippen molar-refractivity contribution in [1.29, 1.82) is 5.41 Å². The van der Waals surface area contributed by atoms with E-state index in [0.29, 0.717) is 10.9 Å². The molecule has 160 valence electrons. The number of nitro groups is 1. The maximum Gasteiger partial charge on any atom is 0.341 e. The number of nitrogens with zero attached hydrogens (tertiary/aromatic N) is 1. The third-order valence-electron chi connectivity index (χ3n) is 4.70. The second-order valence-corrected chi connectivity index (χ2v) is 7.51. The van der Waals surface area contributed by atoms with Crippen molar-refractivity contribution < 1.29 is 23.7 Å². The number of benzene rings is 2. The molecule has 4 aromatic rings. The molecule has 0 atom stereocenters. The van der Waals surface area contributed by atoms with Gasteiger partial charge in [0.2, 0.25) is 5.55 Å². The molecule has 2 aromatic heterocycles. The summed E-state index contributed by atoms with van der Waals surface area (Å²) in [4.78, 5) is 35.9. The Morgan fingerprint density at radius 1 is 1.16 bits per heavy atom. The van der Waals surface area contributed by atoms with E-state index in [1.54, 1.807) is 5.38 Å². The summed E-state index contributed by atoms with van der Waals surface area (Å²) in [5.74, 6) is -1.32. The second-order valence-electron chi connectivity index (χ2n) is 6.63. The number of anilines is 1. The minimum Gasteiger partial charge on any atom is -0.465 e. The Morgan fingerprint density at radius 2 is 1.91 bits per heavy atom. The van der Waals surface area contributed by atoms with E-state index in [2.05, 4.69) is 5.32 Å². The minimum atomic E-state index is -0.696. The summed E-state index contributed by atoms with van der Waals surface area (Å²) < 4.78 is 10.3. The molecule has 10 heteroatoms. The van der Waals surface area contributed by atoms with Crippen molar-refractivity contribution in [3.63, 3.8) is 0 Å². The Labute approximate surface area is 184 Å². The number of carbonyl (C=O) groups excluding carboxylic acids is 2. The Kier molecular flexibility index (Phi) is 5.52. The van der Waals surface area contributed by atoms with Crippen LogP contribution in [0.5, 0.6) is 0 Å². The zero-order chi connectivity index (χ0) is 22.8. The Morgan fingerprint density at radius 3 is 2.59 bits per heavy atom. The number of nitro benzene ring substituents is 1. The number of methoxy groups -OCH3 is 1. The third kappa shape index (κ3) is 3.86. The predicted octanol–water partition coefficient (Wildman–Crippen LogP) is 4.59. The van der Waals surface area contributed by atoms with Crippen LogP contribution in [-0.2, 0) is 4.74 Å². The van der Waals surface area contributed by atoms with E-state index >= 15 is 0 Å². The summed E-state index contributed by atoms with van der Waals surface area (Å²) in [6.07, 6.45) is 0. The maximum atomic E-state index is 12.9. The number of hydrogen-bond acceptors (Lipinski definition) is 8. The van der Waals surface area contributed by atoms with E-state index < -0.39 is 22.4 Å². The molecule has 0 unspecified atom stereocenters. The van der Waals surface area contributed by atoms with Gasteiger partial charge in [-0.3, -0.25) is 20.3 Å². The van der Waals surface area contributed by atoms with Crippen LogP contribution in [0.15, 0.2) is 64.4 Å². The SMILES string of the molecule is COC(=O)c1c(-c2ccccc2)csc1NC(=O)c1cc2cc([N+](=O)[O-])ccc2oc1=N. The van der Waals surface area contributed by atoms with Crippen LogP contribution in [0.4, 0.5) is 10.7 Å². The van der Waals surface area contributed by atoms with Gasteiger partial charge in [0.15, 0.2) is 0 Å². The number of nitrogens with one attached hydrogen (secondary N) is 2. The van der Waals surface area contributed by atoms with Crippen LogP contribution in [-0.4, -0.2) is 23.9 Å². The lowest BCUT2D eigenvalue weighted by Gasteiger charge is -2.08. The van der Waals surface area contributed by atoms with Crippen LogP contribution in [0.25, 0.3) is 22.1 Å². The summed E-state index contributed by atoms with van der Waals surface area (Å²) in [6.45, 7) is 0. The van der Waals surface area contributed by atoms with E-state index in [9.17, 15) is 19.7 Å². The number of rotatable bonds is 5. The maximum absolute atomic E-state index is 12.9. The first-order chi connectivity index (χ1) is 15.4. The number of amides is 1. The number of esters is 1. The van der Waals surface area contributed by atoms with Gasteiger partial charge in [0.05, 0.1) is 12.0 Å². The predicted molar refractivity (Wildman–Crippen MR) is 118 cm³/mol. The van der Waals surface area contributed by atoms with Gasteiger partial charge in [-0.1, -0.05) is 30.3 Å². The van der Waals surface area contributed by atoms with Gasteiger partial charge < -0.3 is 14.5 Å². The summed E-state index contributed by atoms with van der Waals surface area (Å²) in [5.41, 5.74) is 1.08. The highest BCUT2D eigenvalue weighted by Crippen LogP contribution is 2.36. The van der Waals surface area contributed by atoms with E-state index in [1.165, 1.54) is 31.4 Å². The molecule has 32 heavy (non-hydrogen) atoms. The average molecular weight is 449 g/mol. The molecule has 0 aliphatic heterocycles. The smallest absolute Gasteiger partial charge is 0.341 e. The lowest BCUT2D eigenvalue weighted by Crippen LogP contribution is -2.21. The molecule has 4 rings (SSSR count). The Bertz CT molecular complexity index is 1420. The van der Waals surface area contributed by atoms with Crippen molar-refractivity contribution >= 4 is 44.9 Å². The molecule has 1 amide bonds. The van der Waals surface area contributed by atoms with Crippen molar-refractivity contribution in [2.45, 2.75) is 0 Å². The van der Waals surface area contributed by atoms with Crippen LogP contribution in [0.2, 0.25) is 0 Å². The molecule has 2 N–H and O–H groups in total. The quantitative estimate of drug-likeness (QED) is 0.260. The molecule has 9 nitrogen and oxygen atoms in total. The lowest BCUT2D eigenvalue weighted by molar-refractivity contribution is -0.384. The zero-order valence-electron chi connectivity index (χ0n) is 16.6. The topological polar surface area (TPSA) is 136 Å². The normalized spacial score (nSPS) is 10.7. The molecular weight excluding hydrogens is 434 g/mol. The highest BCUT2D eigenvalue weighted by atomic mass is 32.1. The number of fused-ring (bicyclic) bond motifs is 1. The summed E-state index contributed by atoms with van der Waals surface area (Å²) in [7, 11) is 1.25. The summed E-state index contributed by atoms with van der Waals surface area (Å²) in [6, 6.07) is 14.4. The van der Waals surface area contributed by atoms with Crippen LogP contribution >= 0.6 is 11.3 Å². The van der Waals surface area contributed by atoms with Gasteiger partial charge >= 0.3 is 5.97 Å². The molecule has 2 heterocycles. The van der Waals surface area contributed by atoms with Crippen molar-refractivity contribution in [1.82, 2.24) is 0 Å². The van der Waals surface area contributed by atoms with Crippen molar-refractivity contribution in [2.24, 2.45) is 0 Å². The van der Waals surface area contributed by atoms with Gasteiger partial charge in [-0.05, 0) is 17.7 Å². The highest BCUT2D eigenvalue weighted by Gasteiger charge is 2.23. The molecule has 0 aliphatic carbocycles. The van der Waals surface area contributed by atoms with E-state index in [-0.39, 0.29) is 27.4 Å². The summed E-state index contributed by atoms with van der Waals surface area (Å²) >= 11 is 1.14. The zero-order valence-corrected chi connectivity index (χ0v) is 17.4. The molecule has 2 aromatic carbocycles. The van der Waals surface area contributed by atoms with Gasteiger partial charge in [-0.2, -0.15) is 0 Å². The van der Waals surface area contributed by atoms with Gasteiger partial charge in [0.25, 0.3) is 11.6 Å². The van der Waals surface area contributed by atoms with E-state index in [1.807, 2.05) is 30.3 Å². The number of carbonyl (C=O) groups is 2. The first-order valence-corrected chi connectivity index (χ1v) is 10.1. The van der Waals surface area contributed by atoms with Crippen LogP contribution in [0.1, 0.15) is 20.7 Å². The van der Waals surface area contributed by atoms with Crippen LogP contribution in [0, 0.1) is 15.5 Å². The average Bonchev–Trinajstić information content (AvgIpc) is 3.21. The van der Waals surface area contributed by atoms with Crippen molar-refractivity contribution in [3.05, 3.63) is 86.8 Å². The fourth-order valence-corrected chi connectivity index (χ4v) is 4.12. The lowest BCUT2D eigenvalue weighted by atomic mass is 10.0. The molecular formula is C22H15N3O6S. The standard InChI is InChI=1S/C22H15N3O6S/c1-30-22(27)18-16(12-5-3-2-4-6-12)11-32-21(18)24-20(26)15-10-13-9-14(25(28)29)7-8-17(13)31-19(15)23/h2-11,23H,1H3,(H,24,26). The third-order valence-corrected chi connectivity index (χ3v) is 5.59. The first kappa shape index (κ1) is 20.9. The minimum absolute atomic E-state index is 0.136. The van der Waals surface area contributed by atoms with Crippen molar-refractivity contribution in [3.8, 4) is 11.1 Å². The molecule has 0 bridgehead atoms. The van der Waals surface area contributed by atoms with Gasteiger partial charge in [-0.15, -0.1) is 11.3 Å². The number of non-ortho nitro benzene ring substituents is 1.